The van der Waals surface area contributed by atoms with Crippen molar-refractivity contribution in [3.8, 4) is 0 Å². The first-order chi connectivity index (χ1) is 7.79. The summed E-state index contributed by atoms with van der Waals surface area (Å²) in [4.78, 5) is 13.6. The molecule has 1 aliphatic heterocycles. The van der Waals surface area contributed by atoms with Crippen molar-refractivity contribution in [2.24, 2.45) is 0 Å². The maximum atomic E-state index is 12.0. The van der Waals surface area contributed by atoms with Gasteiger partial charge >= 0.3 is 6.09 Å². The first kappa shape index (κ1) is 11.8. The molecule has 1 amide bonds. The van der Waals surface area contributed by atoms with Gasteiger partial charge in [0.2, 0.25) is 0 Å². The van der Waals surface area contributed by atoms with Gasteiger partial charge in [-0.05, 0) is 27.7 Å². The van der Waals surface area contributed by atoms with E-state index in [9.17, 15) is 4.79 Å². The Labute approximate surface area is 100 Å². The van der Waals surface area contributed by atoms with E-state index in [2.05, 4.69) is 10.2 Å². The highest BCUT2D eigenvalue weighted by atomic mass is 16.6. The lowest BCUT2D eigenvalue weighted by Crippen LogP contribution is -2.35. The van der Waals surface area contributed by atoms with Crippen molar-refractivity contribution in [1.29, 1.82) is 0 Å². The summed E-state index contributed by atoms with van der Waals surface area (Å²) in [6.45, 7) is 7.92. The van der Waals surface area contributed by atoms with Crippen LogP contribution in [0.15, 0.2) is 0 Å². The number of nitrogen functional groups attached to an aromatic ring is 1. The Bertz CT molecular complexity index is 447. The van der Waals surface area contributed by atoms with Crippen LogP contribution in [0.5, 0.6) is 0 Å². The number of aromatic nitrogens is 2. The molecule has 6 heteroatoms. The van der Waals surface area contributed by atoms with Crippen LogP contribution in [0.3, 0.4) is 0 Å². The van der Waals surface area contributed by atoms with Gasteiger partial charge in [-0.15, -0.1) is 0 Å². The normalized spacial score (nSPS) is 19.3. The number of hydrogen-bond acceptors (Lipinski definition) is 4. The van der Waals surface area contributed by atoms with Gasteiger partial charge < -0.3 is 10.5 Å². The average molecular weight is 238 g/mol. The molecule has 3 N–H and O–H groups in total. The van der Waals surface area contributed by atoms with Crippen molar-refractivity contribution in [2.75, 3.05) is 5.73 Å². The van der Waals surface area contributed by atoms with Crippen LogP contribution in [0.2, 0.25) is 0 Å². The number of fused-ring (bicyclic) bond motifs is 1. The van der Waals surface area contributed by atoms with Gasteiger partial charge in [0, 0.05) is 5.56 Å². The molecule has 2 heterocycles. The quantitative estimate of drug-likeness (QED) is 0.721. The van der Waals surface area contributed by atoms with E-state index in [0.29, 0.717) is 12.4 Å². The predicted octanol–water partition coefficient (Wildman–Crippen LogP) is 1.80. The lowest BCUT2D eigenvalue weighted by atomic mass is 10.2. The fourth-order valence-electron chi connectivity index (χ4n) is 1.91. The van der Waals surface area contributed by atoms with Crippen LogP contribution < -0.4 is 5.73 Å². The number of amides is 1. The maximum Gasteiger partial charge on any atom is 0.411 e. The minimum Gasteiger partial charge on any atom is -0.444 e. The highest BCUT2D eigenvalue weighted by Crippen LogP contribution is 2.35. The summed E-state index contributed by atoms with van der Waals surface area (Å²) in [5, 5.41) is 6.79. The fraction of sp³-hybridized carbons (Fsp3) is 0.636. The number of aromatic amines is 1. The van der Waals surface area contributed by atoms with E-state index in [4.69, 9.17) is 10.5 Å². The van der Waals surface area contributed by atoms with E-state index in [1.807, 2.05) is 27.7 Å². The number of ether oxygens (including phenoxy) is 1. The summed E-state index contributed by atoms with van der Waals surface area (Å²) in [5.41, 5.74) is 7.02. The number of carbonyl (C=O) groups excluding carboxylic acids is 1. The number of nitrogens with one attached hydrogen (secondary N) is 1. The van der Waals surface area contributed by atoms with Crippen molar-refractivity contribution >= 4 is 11.9 Å². The third-order valence-electron chi connectivity index (χ3n) is 2.77. The molecule has 94 valence electrons. The number of hydrogen-bond donors (Lipinski definition) is 2. The SMILES string of the molecule is C[C@H]1c2[nH]nc(N)c2CN1C(=O)OC(C)(C)C. The molecule has 2 rings (SSSR count). The van der Waals surface area contributed by atoms with Gasteiger partial charge in [-0.25, -0.2) is 4.79 Å². The third kappa shape index (κ3) is 2.07. The average Bonchev–Trinajstić information content (AvgIpc) is 2.67. The van der Waals surface area contributed by atoms with Crippen LogP contribution in [0.25, 0.3) is 0 Å². The number of rotatable bonds is 0. The van der Waals surface area contributed by atoms with Gasteiger partial charge in [0.25, 0.3) is 0 Å². The molecule has 0 unspecified atom stereocenters. The second-order valence-corrected chi connectivity index (χ2v) is 5.29. The van der Waals surface area contributed by atoms with Gasteiger partial charge in [-0.3, -0.25) is 10.00 Å². The second kappa shape index (κ2) is 3.65. The molecule has 1 aromatic rings. The second-order valence-electron chi connectivity index (χ2n) is 5.29. The largest absolute Gasteiger partial charge is 0.444 e. The van der Waals surface area contributed by atoms with Gasteiger partial charge in [-0.2, -0.15) is 5.10 Å². The molecule has 1 aromatic heterocycles. The molecule has 0 fully saturated rings. The fourth-order valence-corrected chi connectivity index (χ4v) is 1.91. The summed E-state index contributed by atoms with van der Waals surface area (Å²) in [6, 6.07) is -0.0790. The molecular formula is C11H18N4O2. The van der Waals surface area contributed by atoms with Crippen LogP contribution in [-0.2, 0) is 11.3 Å². The first-order valence-corrected chi connectivity index (χ1v) is 5.62. The van der Waals surface area contributed by atoms with Crippen LogP contribution in [0.4, 0.5) is 10.6 Å². The zero-order chi connectivity index (χ0) is 12.8. The standard InChI is InChI=1S/C11H18N4O2/c1-6-8-7(9(12)14-13-8)5-15(6)10(16)17-11(2,3)4/h6H,5H2,1-4H3,(H3,12,13,14)/t6-/m0/s1. The maximum absolute atomic E-state index is 12.0. The number of carbonyl (C=O) groups is 1. The van der Waals surface area contributed by atoms with Crippen LogP contribution in [-0.4, -0.2) is 26.8 Å². The van der Waals surface area contributed by atoms with Crippen LogP contribution in [0.1, 0.15) is 45.0 Å². The molecule has 1 aliphatic rings. The summed E-state index contributed by atoms with van der Waals surface area (Å²) >= 11 is 0. The summed E-state index contributed by atoms with van der Waals surface area (Å²) in [7, 11) is 0. The van der Waals surface area contributed by atoms with Crippen molar-refractivity contribution in [1.82, 2.24) is 15.1 Å². The van der Waals surface area contributed by atoms with E-state index in [1.165, 1.54) is 0 Å². The van der Waals surface area contributed by atoms with Gasteiger partial charge in [0.15, 0.2) is 5.82 Å². The summed E-state index contributed by atoms with van der Waals surface area (Å²) in [6.07, 6.45) is -0.325. The minimum atomic E-state index is -0.489. The Morgan fingerprint density at radius 3 is 2.76 bits per heavy atom. The van der Waals surface area contributed by atoms with Crippen molar-refractivity contribution < 1.29 is 9.53 Å². The summed E-state index contributed by atoms with van der Waals surface area (Å²) < 4.78 is 5.34. The zero-order valence-electron chi connectivity index (χ0n) is 10.6. The molecule has 0 bridgehead atoms. The highest BCUT2D eigenvalue weighted by molar-refractivity contribution is 5.70. The van der Waals surface area contributed by atoms with Crippen molar-refractivity contribution in [2.45, 2.75) is 45.9 Å². The number of anilines is 1. The molecule has 0 saturated heterocycles. The zero-order valence-corrected chi connectivity index (χ0v) is 10.6. The lowest BCUT2D eigenvalue weighted by Gasteiger charge is -2.27. The van der Waals surface area contributed by atoms with Crippen molar-refractivity contribution in [3.05, 3.63) is 11.3 Å². The van der Waals surface area contributed by atoms with Crippen LogP contribution >= 0.6 is 0 Å². The Morgan fingerprint density at radius 1 is 1.59 bits per heavy atom. The summed E-state index contributed by atoms with van der Waals surface area (Å²) in [5.74, 6) is 0.456. The molecule has 0 spiro atoms. The molecule has 1 atom stereocenters. The Morgan fingerprint density at radius 2 is 2.24 bits per heavy atom. The predicted molar refractivity (Wildman–Crippen MR) is 63.2 cm³/mol. The lowest BCUT2D eigenvalue weighted by molar-refractivity contribution is 0.0184. The Kier molecular flexibility index (Phi) is 2.52. The molecule has 6 nitrogen and oxygen atoms in total. The van der Waals surface area contributed by atoms with Gasteiger partial charge in [0.05, 0.1) is 18.3 Å². The molecule has 0 aromatic carbocycles. The molecule has 0 radical (unpaired) electrons. The van der Waals surface area contributed by atoms with E-state index >= 15 is 0 Å². The molecule has 0 aliphatic carbocycles. The molecule has 17 heavy (non-hydrogen) atoms. The number of nitrogens with two attached hydrogens (primary N) is 1. The number of nitrogens with zero attached hydrogens (tertiary/aromatic N) is 2. The van der Waals surface area contributed by atoms with Crippen LogP contribution in [0, 0.1) is 0 Å². The Hall–Kier alpha value is -1.72. The number of H-pyrrole nitrogens is 1. The smallest absolute Gasteiger partial charge is 0.411 e. The van der Waals surface area contributed by atoms with Gasteiger partial charge in [0.1, 0.15) is 5.60 Å². The first-order valence-electron chi connectivity index (χ1n) is 5.62. The third-order valence-corrected chi connectivity index (χ3v) is 2.77. The van der Waals surface area contributed by atoms with Gasteiger partial charge in [-0.1, -0.05) is 0 Å². The van der Waals surface area contributed by atoms with E-state index < -0.39 is 5.60 Å². The Balaban J connectivity index is 2.15. The monoisotopic (exact) mass is 238 g/mol. The van der Waals surface area contributed by atoms with E-state index in [0.717, 1.165) is 11.3 Å². The van der Waals surface area contributed by atoms with E-state index in [-0.39, 0.29) is 12.1 Å². The van der Waals surface area contributed by atoms with E-state index in [1.54, 1.807) is 4.90 Å². The van der Waals surface area contributed by atoms with Crippen molar-refractivity contribution in [3.63, 3.8) is 0 Å². The molecule has 0 saturated carbocycles. The molecular weight excluding hydrogens is 220 g/mol. The highest BCUT2D eigenvalue weighted by Gasteiger charge is 2.36. The topological polar surface area (TPSA) is 84.2 Å². The minimum absolute atomic E-state index is 0.0790.